The summed E-state index contributed by atoms with van der Waals surface area (Å²) in [5, 5.41) is 6.39. The summed E-state index contributed by atoms with van der Waals surface area (Å²) in [7, 11) is 1.42. The number of halogens is 1. The number of esters is 1. The monoisotopic (exact) mass is 451 g/mol. The minimum atomic E-state index is -0.650. The van der Waals surface area contributed by atoms with Crippen LogP contribution in [0.3, 0.4) is 0 Å². The SMILES string of the molecule is COC(=O)CCC1CCC(NC(=O)c2ccc(C3(C(N)=O)CCNCC3)cc2)CC1.Cl. The van der Waals surface area contributed by atoms with E-state index in [1.807, 2.05) is 12.1 Å². The quantitative estimate of drug-likeness (QED) is 0.551. The van der Waals surface area contributed by atoms with Gasteiger partial charge in [0, 0.05) is 18.0 Å². The van der Waals surface area contributed by atoms with Gasteiger partial charge in [-0.3, -0.25) is 14.4 Å². The number of hydrogen-bond acceptors (Lipinski definition) is 5. The lowest BCUT2D eigenvalue weighted by Crippen LogP contribution is -2.48. The Morgan fingerprint density at radius 2 is 1.71 bits per heavy atom. The summed E-state index contributed by atoms with van der Waals surface area (Å²) in [5.74, 6) is -0.0221. The molecule has 4 N–H and O–H groups in total. The maximum absolute atomic E-state index is 12.7. The van der Waals surface area contributed by atoms with Gasteiger partial charge in [0.05, 0.1) is 12.5 Å². The van der Waals surface area contributed by atoms with Crippen molar-refractivity contribution in [1.29, 1.82) is 0 Å². The van der Waals surface area contributed by atoms with Crippen molar-refractivity contribution in [2.45, 2.75) is 62.8 Å². The summed E-state index contributed by atoms with van der Waals surface area (Å²) in [6.07, 6.45) is 6.53. The zero-order valence-electron chi connectivity index (χ0n) is 18.2. The van der Waals surface area contributed by atoms with Gasteiger partial charge in [-0.15, -0.1) is 12.4 Å². The number of primary amides is 1. The second-order valence-electron chi connectivity index (χ2n) is 8.58. The Balaban J connectivity index is 0.00000341. The van der Waals surface area contributed by atoms with Crippen molar-refractivity contribution in [1.82, 2.24) is 10.6 Å². The van der Waals surface area contributed by atoms with Crippen LogP contribution in [0, 0.1) is 5.92 Å². The molecular formula is C23H34ClN3O4. The lowest BCUT2D eigenvalue weighted by Gasteiger charge is -2.35. The van der Waals surface area contributed by atoms with E-state index in [0.29, 0.717) is 30.7 Å². The minimum absolute atomic E-state index is 0. The van der Waals surface area contributed by atoms with E-state index in [-0.39, 0.29) is 36.2 Å². The molecule has 8 heteroatoms. The van der Waals surface area contributed by atoms with Crippen molar-refractivity contribution in [3.8, 4) is 0 Å². The Labute approximate surface area is 190 Å². The normalized spacial score (nSPS) is 22.6. The van der Waals surface area contributed by atoms with Crippen molar-refractivity contribution >= 4 is 30.2 Å². The van der Waals surface area contributed by atoms with Crippen LogP contribution in [0.15, 0.2) is 24.3 Å². The first-order valence-corrected chi connectivity index (χ1v) is 10.9. The van der Waals surface area contributed by atoms with E-state index in [9.17, 15) is 14.4 Å². The molecule has 31 heavy (non-hydrogen) atoms. The molecule has 1 saturated heterocycles. The van der Waals surface area contributed by atoms with Crippen LogP contribution < -0.4 is 16.4 Å². The van der Waals surface area contributed by atoms with E-state index in [4.69, 9.17) is 10.5 Å². The van der Waals surface area contributed by atoms with Crippen LogP contribution in [-0.4, -0.2) is 44.0 Å². The van der Waals surface area contributed by atoms with Crippen LogP contribution in [-0.2, 0) is 19.7 Å². The van der Waals surface area contributed by atoms with E-state index in [1.165, 1.54) is 7.11 Å². The highest BCUT2D eigenvalue weighted by molar-refractivity contribution is 5.95. The fraction of sp³-hybridized carbons (Fsp3) is 0.609. The lowest BCUT2D eigenvalue weighted by molar-refractivity contribution is -0.141. The number of methoxy groups -OCH3 is 1. The maximum Gasteiger partial charge on any atom is 0.305 e. The topological polar surface area (TPSA) is 111 Å². The molecule has 0 bridgehead atoms. The molecule has 1 aromatic rings. The number of carbonyl (C=O) groups excluding carboxylic acids is 3. The number of piperidine rings is 1. The van der Waals surface area contributed by atoms with Gasteiger partial charge in [0.15, 0.2) is 0 Å². The molecule has 0 atom stereocenters. The third-order valence-electron chi connectivity index (χ3n) is 6.79. The van der Waals surface area contributed by atoms with Crippen LogP contribution in [0.4, 0.5) is 0 Å². The fourth-order valence-electron chi connectivity index (χ4n) is 4.76. The molecule has 2 aliphatic rings. The first-order valence-electron chi connectivity index (χ1n) is 10.9. The van der Waals surface area contributed by atoms with Gasteiger partial charge in [-0.25, -0.2) is 0 Å². The van der Waals surface area contributed by atoms with Gasteiger partial charge in [0.1, 0.15) is 0 Å². The molecular weight excluding hydrogens is 418 g/mol. The zero-order valence-corrected chi connectivity index (χ0v) is 19.0. The number of amides is 2. The van der Waals surface area contributed by atoms with Gasteiger partial charge >= 0.3 is 5.97 Å². The van der Waals surface area contributed by atoms with Crippen molar-refractivity contribution in [3.05, 3.63) is 35.4 Å². The molecule has 1 aliphatic heterocycles. The predicted octanol–water partition coefficient (Wildman–Crippen LogP) is 2.46. The summed E-state index contributed by atoms with van der Waals surface area (Å²) in [6, 6.07) is 7.48. The first kappa shape index (κ1) is 25.1. The fourth-order valence-corrected chi connectivity index (χ4v) is 4.76. The minimum Gasteiger partial charge on any atom is -0.469 e. The second-order valence-corrected chi connectivity index (χ2v) is 8.58. The number of nitrogens with one attached hydrogen (secondary N) is 2. The van der Waals surface area contributed by atoms with Crippen LogP contribution in [0.5, 0.6) is 0 Å². The van der Waals surface area contributed by atoms with Crippen LogP contribution >= 0.6 is 12.4 Å². The molecule has 1 aliphatic carbocycles. The summed E-state index contributed by atoms with van der Waals surface area (Å²) >= 11 is 0. The third-order valence-corrected chi connectivity index (χ3v) is 6.79. The Morgan fingerprint density at radius 3 is 2.26 bits per heavy atom. The van der Waals surface area contributed by atoms with Gasteiger partial charge in [-0.05, 0) is 81.6 Å². The largest absolute Gasteiger partial charge is 0.469 e. The van der Waals surface area contributed by atoms with Crippen molar-refractivity contribution in [2.75, 3.05) is 20.2 Å². The first-order chi connectivity index (χ1) is 14.4. The van der Waals surface area contributed by atoms with E-state index in [1.54, 1.807) is 12.1 Å². The molecule has 1 aromatic carbocycles. The highest BCUT2D eigenvalue weighted by atomic mass is 35.5. The predicted molar refractivity (Wildman–Crippen MR) is 121 cm³/mol. The summed E-state index contributed by atoms with van der Waals surface area (Å²) in [5.41, 5.74) is 6.58. The lowest BCUT2D eigenvalue weighted by atomic mass is 9.72. The molecule has 1 saturated carbocycles. The smallest absolute Gasteiger partial charge is 0.305 e. The van der Waals surface area contributed by atoms with Gasteiger partial charge in [0.2, 0.25) is 5.91 Å². The standard InChI is InChI=1S/C23H33N3O4.ClH/c1-30-20(27)11-4-16-2-9-19(10-3-16)26-21(28)17-5-7-18(8-6-17)23(22(24)29)12-14-25-15-13-23;/h5-8,16,19,25H,2-4,9-15H2,1H3,(H2,24,29)(H,26,28);1H. The molecule has 2 fully saturated rings. The van der Waals surface area contributed by atoms with Crippen molar-refractivity contribution < 1.29 is 19.1 Å². The Morgan fingerprint density at radius 1 is 1.10 bits per heavy atom. The number of rotatable bonds is 7. The van der Waals surface area contributed by atoms with E-state index < -0.39 is 5.41 Å². The Hall–Kier alpha value is -2.12. The van der Waals surface area contributed by atoms with Crippen LogP contribution in [0.1, 0.15) is 67.3 Å². The van der Waals surface area contributed by atoms with Gasteiger partial charge in [-0.2, -0.15) is 0 Å². The zero-order chi connectivity index (χ0) is 21.6. The molecule has 0 spiro atoms. The number of ether oxygens (including phenoxy) is 1. The molecule has 172 valence electrons. The van der Waals surface area contributed by atoms with Gasteiger partial charge in [-0.1, -0.05) is 12.1 Å². The molecule has 3 rings (SSSR count). The average Bonchev–Trinajstić information content (AvgIpc) is 2.78. The highest BCUT2D eigenvalue weighted by Crippen LogP contribution is 2.33. The molecule has 7 nitrogen and oxygen atoms in total. The molecule has 2 amide bonds. The van der Waals surface area contributed by atoms with Gasteiger partial charge in [0.25, 0.3) is 5.91 Å². The number of nitrogens with two attached hydrogens (primary N) is 1. The van der Waals surface area contributed by atoms with Crippen molar-refractivity contribution in [2.24, 2.45) is 11.7 Å². The number of hydrogen-bond donors (Lipinski definition) is 3. The highest BCUT2D eigenvalue weighted by Gasteiger charge is 2.39. The summed E-state index contributed by atoms with van der Waals surface area (Å²) in [6.45, 7) is 1.51. The van der Waals surface area contributed by atoms with Gasteiger partial charge < -0.3 is 21.1 Å². The Kier molecular flexibility index (Phi) is 9.32. The second kappa shape index (κ2) is 11.5. The molecule has 1 heterocycles. The number of carbonyl (C=O) groups is 3. The average molecular weight is 452 g/mol. The molecule has 0 aromatic heterocycles. The Bertz CT molecular complexity index is 755. The van der Waals surface area contributed by atoms with Crippen LogP contribution in [0.2, 0.25) is 0 Å². The van der Waals surface area contributed by atoms with E-state index in [2.05, 4.69) is 10.6 Å². The molecule has 0 unspecified atom stereocenters. The third kappa shape index (κ3) is 6.20. The summed E-state index contributed by atoms with van der Waals surface area (Å²) in [4.78, 5) is 36.1. The number of benzene rings is 1. The van der Waals surface area contributed by atoms with E-state index >= 15 is 0 Å². The molecule has 0 radical (unpaired) electrons. The maximum atomic E-state index is 12.7. The van der Waals surface area contributed by atoms with Crippen molar-refractivity contribution in [3.63, 3.8) is 0 Å². The summed E-state index contributed by atoms with van der Waals surface area (Å²) < 4.78 is 4.71. The van der Waals surface area contributed by atoms with Crippen LogP contribution in [0.25, 0.3) is 0 Å². The van der Waals surface area contributed by atoms with E-state index in [0.717, 1.165) is 50.8 Å².